The van der Waals surface area contributed by atoms with Crippen molar-refractivity contribution in [3.8, 4) is 0 Å². The first-order valence-electron chi connectivity index (χ1n) is 13.7. The van der Waals surface area contributed by atoms with Crippen molar-refractivity contribution in [2.45, 2.75) is 82.5 Å². The molecule has 4 aliphatic rings. The summed E-state index contributed by atoms with van der Waals surface area (Å²) in [6.45, 7) is 6.40. The molecule has 2 bridgehead atoms. The van der Waals surface area contributed by atoms with Crippen LogP contribution in [0.5, 0.6) is 0 Å². The van der Waals surface area contributed by atoms with E-state index >= 15 is 0 Å². The molecule has 1 saturated heterocycles. The van der Waals surface area contributed by atoms with Crippen molar-refractivity contribution in [1.29, 1.82) is 0 Å². The number of carbonyl (C=O) groups excluding carboxylic acids is 2. The predicted octanol–water partition coefficient (Wildman–Crippen LogP) is 3.12. The van der Waals surface area contributed by atoms with Gasteiger partial charge < -0.3 is 29.8 Å². The normalized spacial score (nSPS) is 38.7. The molecule has 8 nitrogen and oxygen atoms in total. The highest BCUT2D eigenvalue weighted by atomic mass is 16.5. The maximum atomic E-state index is 14.2. The minimum Gasteiger partial charge on any atom is -0.458 e. The molecule has 1 aromatic carbocycles. The fourth-order valence-corrected chi connectivity index (χ4v) is 7.60. The molecule has 38 heavy (non-hydrogen) atoms. The number of aliphatic hydroxyl groups is 1. The number of nitrogens with two attached hydrogens (primary N) is 1. The van der Waals surface area contributed by atoms with Crippen molar-refractivity contribution in [2.75, 3.05) is 20.8 Å². The second-order valence-corrected chi connectivity index (χ2v) is 12.1. The van der Waals surface area contributed by atoms with E-state index in [0.29, 0.717) is 25.0 Å². The summed E-state index contributed by atoms with van der Waals surface area (Å²) in [7, 11) is 3.16. The first-order chi connectivity index (χ1) is 18.0. The van der Waals surface area contributed by atoms with Crippen LogP contribution in [0, 0.1) is 23.2 Å². The van der Waals surface area contributed by atoms with E-state index in [9.17, 15) is 14.7 Å². The van der Waals surface area contributed by atoms with E-state index in [-0.39, 0.29) is 42.7 Å². The van der Waals surface area contributed by atoms with Crippen LogP contribution in [0.15, 0.2) is 41.5 Å². The fraction of sp³-hybridized carbons (Fsp3) is 0.667. The number of ketones is 1. The van der Waals surface area contributed by atoms with Gasteiger partial charge >= 0.3 is 5.97 Å². The highest BCUT2D eigenvalue weighted by molar-refractivity contribution is 5.90. The van der Waals surface area contributed by atoms with Crippen LogP contribution in [-0.4, -0.2) is 67.7 Å². The highest BCUT2D eigenvalue weighted by Gasteiger charge is 2.63. The van der Waals surface area contributed by atoms with Crippen LogP contribution in [0.25, 0.3) is 0 Å². The Morgan fingerprint density at radius 3 is 2.47 bits per heavy atom. The number of Topliss-reactive ketones (excluding diaryl/α,β-unsaturated/α-hetero) is 1. The third-order valence-corrected chi connectivity index (χ3v) is 9.97. The minimum absolute atomic E-state index is 0.0128. The monoisotopic (exact) mass is 527 g/mol. The van der Waals surface area contributed by atoms with Gasteiger partial charge in [-0.3, -0.25) is 9.59 Å². The summed E-state index contributed by atoms with van der Waals surface area (Å²) in [5.41, 5.74) is 6.59. The number of carbonyl (C=O) groups is 2. The van der Waals surface area contributed by atoms with Crippen molar-refractivity contribution in [2.24, 2.45) is 28.9 Å². The van der Waals surface area contributed by atoms with Crippen LogP contribution in [0.1, 0.15) is 58.1 Å². The summed E-state index contributed by atoms with van der Waals surface area (Å²) >= 11 is 0. The maximum Gasteiger partial charge on any atom is 0.308 e. The molecular weight excluding hydrogens is 486 g/mol. The van der Waals surface area contributed by atoms with Crippen LogP contribution in [0.3, 0.4) is 0 Å². The zero-order chi connectivity index (χ0) is 27.4. The van der Waals surface area contributed by atoms with E-state index in [1.54, 1.807) is 7.11 Å². The topological polar surface area (TPSA) is 117 Å². The van der Waals surface area contributed by atoms with E-state index in [0.717, 1.165) is 11.1 Å². The van der Waals surface area contributed by atoms with Crippen molar-refractivity contribution in [1.82, 2.24) is 0 Å². The Labute approximate surface area is 224 Å². The first kappa shape index (κ1) is 27.5. The van der Waals surface area contributed by atoms with Crippen molar-refractivity contribution in [3.05, 3.63) is 47.0 Å². The van der Waals surface area contributed by atoms with Crippen molar-refractivity contribution >= 4 is 11.8 Å². The molecule has 2 saturated carbocycles. The molecular formula is C30H41NO7. The molecule has 0 radical (unpaired) electrons. The zero-order valence-corrected chi connectivity index (χ0v) is 23.0. The van der Waals surface area contributed by atoms with Crippen molar-refractivity contribution < 1.29 is 33.6 Å². The van der Waals surface area contributed by atoms with Gasteiger partial charge in [-0.2, -0.15) is 0 Å². The third-order valence-electron chi connectivity index (χ3n) is 9.97. The first-order valence-corrected chi connectivity index (χ1v) is 13.7. The lowest BCUT2D eigenvalue weighted by molar-refractivity contribution is -0.226. The number of rotatable bonds is 6. The number of fused-ring (bicyclic) bond motifs is 5. The Morgan fingerprint density at radius 1 is 1.16 bits per heavy atom. The van der Waals surface area contributed by atoms with Crippen LogP contribution in [-0.2, 0) is 28.5 Å². The lowest BCUT2D eigenvalue weighted by Gasteiger charge is -2.59. The van der Waals surface area contributed by atoms with Gasteiger partial charge in [-0.05, 0) is 36.0 Å². The average molecular weight is 528 g/mol. The Kier molecular flexibility index (Phi) is 7.33. The zero-order valence-electron chi connectivity index (χ0n) is 23.0. The minimum atomic E-state index is -1.23. The molecule has 8 heteroatoms. The molecule has 3 N–H and O–H groups in total. The smallest absolute Gasteiger partial charge is 0.308 e. The molecule has 1 heterocycles. The average Bonchev–Trinajstić information content (AvgIpc) is 2.86. The van der Waals surface area contributed by atoms with Gasteiger partial charge in [0.05, 0.1) is 36.8 Å². The van der Waals surface area contributed by atoms with Gasteiger partial charge in [-0.1, -0.05) is 44.2 Å². The van der Waals surface area contributed by atoms with Gasteiger partial charge in [-0.25, -0.2) is 0 Å². The molecule has 5 rings (SSSR count). The third kappa shape index (κ3) is 4.34. The molecule has 3 aliphatic carbocycles. The summed E-state index contributed by atoms with van der Waals surface area (Å²) in [5, 5.41) is 12.4. The van der Waals surface area contributed by atoms with Crippen LogP contribution < -0.4 is 5.73 Å². The number of benzene rings is 1. The van der Waals surface area contributed by atoms with Gasteiger partial charge in [0.2, 0.25) is 0 Å². The van der Waals surface area contributed by atoms with Crippen molar-refractivity contribution in [3.63, 3.8) is 0 Å². The highest BCUT2D eigenvalue weighted by Crippen LogP contribution is 2.58. The van der Waals surface area contributed by atoms with Gasteiger partial charge in [0.1, 0.15) is 12.2 Å². The van der Waals surface area contributed by atoms with Gasteiger partial charge in [0.25, 0.3) is 0 Å². The number of hydrogen-bond donors (Lipinski definition) is 2. The number of methoxy groups -OCH3 is 2. The lowest BCUT2D eigenvalue weighted by atomic mass is 9.51. The molecule has 0 amide bonds. The molecule has 9 atom stereocenters. The summed E-state index contributed by atoms with van der Waals surface area (Å²) in [6.07, 6.45) is -0.522. The van der Waals surface area contributed by atoms with E-state index in [4.69, 9.17) is 24.7 Å². The lowest BCUT2D eigenvalue weighted by Crippen LogP contribution is -2.65. The Hall–Kier alpha value is -2.10. The van der Waals surface area contributed by atoms with E-state index < -0.39 is 41.2 Å². The number of hydrogen-bond acceptors (Lipinski definition) is 8. The largest absolute Gasteiger partial charge is 0.458 e. The van der Waals surface area contributed by atoms with Gasteiger partial charge in [-0.15, -0.1) is 0 Å². The quantitative estimate of drug-likeness (QED) is 0.428. The molecule has 3 fully saturated rings. The second kappa shape index (κ2) is 10.1. The Bertz CT molecular complexity index is 1100. The summed E-state index contributed by atoms with van der Waals surface area (Å²) in [6, 6.07) is 8.94. The van der Waals surface area contributed by atoms with Crippen LogP contribution >= 0.6 is 0 Å². The van der Waals surface area contributed by atoms with E-state index in [1.165, 1.54) is 7.11 Å². The maximum absolute atomic E-state index is 14.2. The molecule has 4 unspecified atom stereocenters. The van der Waals surface area contributed by atoms with Crippen LogP contribution in [0.4, 0.5) is 0 Å². The molecule has 1 aromatic rings. The summed E-state index contributed by atoms with van der Waals surface area (Å²) in [4.78, 5) is 27.3. The summed E-state index contributed by atoms with van der Waals surface area (Å²) in [5.74, 6) is -0.816. The standard InChI is InChI=1S/C30H41NO7/c1-16-23(38-24(32)11-20(31)17-9-7-6-8-10-17)14-30(34)13-18-19-15-37-21(19)12-22(35-4)25(18)27(33)28(36-5)26(16)29(30,2)3/h6-10,18-23,25,28,34H,11-15,31H2,1-5H3/t18?,19?,20-,21?,22+,23+,25?,28-,30+/m1/s1. The van der Waals surface area contributed by atoms with Crippen LogP contribution in [0.2, 0.25) is 0 Å². The molecule has 208 valence electrons. The SMILES string of the molecule is CO[C@H]1C(=O)C2C(C[C@]3(O)C[C@H](OC(=O)C[C@@H](N)c4ccccc4)C(C)=C1C3(C)C)C1COC1C[C@@H]2OC. The van der Waals surface area contributed by atoms with E-state index in [1.807, 2.05) is 51.1 Å². The summed E-state index contributed by atoms with van der Waals surface area (Å²) < 4.78 is 23.6. The van der Waals surface area contributed by atoms with Gasteiger partial charge in [0, 0.05) is 44.4 Å². The molecule has 0 aromatic heterocycles. The molecule has 1 aliphatic heterocycles. The Morgan fingerprint density at radius 2 is 1.87 bits per heavy atom. The van der Waals surface area contributed by atoms with Gasteiger partial charge in [0.15, 0.2) is 5.78 Å². The van der Waals surface area contributed by atoms with E-state index in [2.05, 4.69) is 0 Å². The Balaban J connectivity index is 1.49. The fourth-order valence-electron chi connectivity index (χ4n) is 7.60. The molecule has 0 spiro atoms. The number of ether oxygens (including phenoxy) is 4. The second-order valence-electron chi connectivity index (χ2n) is 12.1. The number of esters is 1. The predicted molar refractivity (Wildman–Crippen MR) is 140 cm³/mol.